The summed E-state index contributed by atoms with van der Waals surface area (Å²) in [5.41, 5.74) is -6.31. The summed E-state index contributed by atoms with van der Waals surface area (Å²) in [6.07, 6.45) is -0.417. The van der Waals surface area contributed by atoms with Gasteiger partial charge in [0.25, 0.3) is 0 Å². The average molecular weight is 322 g/mol. The van der Waals surface area contributed by atoms with Crippen molar-refractivity contribution in [2.24, 2.45) is 0 Å². The molecule has 0 aromatic carbocycles. The van der Waals surface area contributed by atoms with Gasteiger partial charge < -0.3 is 4.43 Å². The Labute approximate surface area is 113 Å². The van der Waals surface area contributed by atoms with Crippen LogP contribution < -0.4 is 0 Å². The number of rotatable bonds is 6. The predicted molar refractivity (Wildman–Crippen MR) is 68.2 cm³/mol. The van der Waals surface area contributed by atoms with E-state index in [-0.39, 0.29) is 0 Å². The first-order valence-electron chi connectivity index (χ1n) is 5.96. The molecule has 0 saturated heterocycles. The SMILES string of the molecule is CC(C)O[Si](OS(=O)(=O)C(F)(F)F)(C(C)C)C(C)C. The van der Waals surface area contributed by atoms with Crippen molar-refractivity contribution in [1.29, 1.82) is 0 Å². The highest BCUT2D eigenvalue weighted by Crippen LogP contribution is 2.39. The fraction of sp³-hybridized carbons (Fsp3) is 1.00. The maximum Gasteiger partial charge on any atom is 0.522 e. The summed E-state index contributed by atoms with van der Waals surface area (Å²) in [5.74, 6) is 0. The standard InChI is InChI=1S/C10H21F3O4SSi/c1-7(2)16-19(8(3)4,9(5)6)17-18(14,15)10(11,12)13/h7-9H,1-6H3. The molecule has 0 unspecified atom stereocenters. The van der Waals surface area contributed by atoms with Crippen LogP contribution in [0.2, 0.25) is 11.1 Å². The number of hydrogen-bond donors (Lipinski definition) is 0. The molecule has 0 aliphatic rings. The third-order valence-corrected chi connectivity index (χ3v) is 9.10. The average Bonchev–Trinajstić information content (AvgIpc) is 2.12. The van der Waals surface area contributed by atoms with E-state index in [1.54, 1.807) is 41.5 Å². The van der Waals surface area contributed by atoms with Gasteiger partial charge in [0.2, 0.25) is 0 Å². The molecule has 0 spiro atoms. The van der Waals surface area contributed by atoms with Gasteiger partial charge in [0, 0.05) is 6.10 Å². The van der Waals surface area contributed by atoms with Gasteiger partial charge in [0.1, 0.15) is 0 Å². The molecule has 0 N–H and O–H groups in total. The normalized spacial score (nSPS) is 14.7. The Balaban J connectivity index is 5.63. The molecule has 0 aliphatic carbocycles. The van der Waals surface area contributed by atoms with E-state index in [1.165, 1.54) is 0 Å². The molecule has 0 aromatic heterocycles. The van der Waals surface area contributed by atoms with Crippen LogP contribution in [0.1, 0.15) is 41.5 Å². The van der Waals surface area contributed by atoms with Crippen LogP contribution >= 0.6 is 0 Å². The number of halogens is 3. The van der Waals surface area contributed by atoms with Crippen LogP contribution in [0.15, 0.2) is 0 Å². The van der Waals surface area contributed by atoms with Crippen molar-refractivity contribution in [3.63, 3.8) is 0 Å². The molecule has 0 aliphatic heterocycles. The van der Waals surface area contributed by atoms with E-state index in [1.807, 2.05) is 0 Å². The van der Waals surface area contributed by atoms with Crippen LogP contribution in [0.3, 0.4) is 0 Å². The van der Waals surface area contributed by atoms with Crippen LogP contribution in [0, 0.1) is 0 Å². The van der Waals surface area contributed by atoms with Crippen molar-refractivity contribution in [3.8, 4) is 0 Å². The fourth-order valence-electron chi connectivity index (χ4n) is 1.74. The van der Waals surface area contributed by atoms with Gasteiger partial charge in [0.05, 0.1) is 0 Å². The molecule has 19 heavy (non-hydrogen) atoms. The molecule has 0 fully saturated rings. The maximum absolute atomic E-state index is 12.5. The molecule has 116 valence electrons. The summed E-state index contributed by atoms with van der Waals surface area (Å²) in [6.45, 7) is 9.72. The Morgan fingerprint density at radius 1 is 0.947 bits per heavy atom. The zero-order valence-corrected chi connectivity index (χ0v) is 13.7. The molecule has 0 bridgehead atoms. The Hall–Kier alpha value is -0.123. The van der Waals surface area contributed by atoms with E-state index in [0.29, 0.717) is 0 Å². The third kappa shape index (κ3) is 4.43. The fourth-order valence-corrected chi connectivity index (χ4v) is 7.80. The number of hydrogen-bond acceptors (Lipinski definition) is 4. The van der Waals surface area contributed by atoms with Crippen LogP contribution in [0.4, 0.5) is 13.2 Å². The topological polar surface area (TPSA) is 52.6 Å². The van der Waals surface area contributed by atoms with Crippen molar-refractivity contribution in [3.05, 3.63) is 0 Å². The van der Waals surface area contributed by atoms with Gasteiger partial charge in [-0.05, 0) is 24.9 Å². The molecule has 0 radical (unpaired) electrons. The highest BCUT2D eigenvalue weighted by molar-refractivity contribution is 7.88. The molecule has 0 heterocycles. The van der Waals surface area contributed by atoms with Gasteiger partial charge in [-0.2, -0.15) is 21.6 Å². The van der Waals surface area contributed by atoms with E-state index < -0.39 is 41.4 Å². The zero-order chi connectivity index (χ0) is 15.6. The van der Waals surface area contributed by atoms with Crippen LogP contribution in [-0.2, 0) is 18.4 Å². The molecular formula is C10H21F3O4SSi. The molecule has 0 saturated carbocycles. The Kier molecular flexibility index (Phi) is 6.07. The van der Waals surface area contributed by atoms with E-state index in [9.17, 15) is 21.6 Å². The largest absolute Gasteiger partial charge is 0.522 e. The predicted octanol–water partition coefficient (Wildman–Crippen LogP) is 3.54. The molecule has 0 aromatic rings. The van der Waals surface area contributed by atoms with Crippen LogP contribution in [-0.4, -0.2) is 28.6 Å². The van der Waals surface area contributed by atoms with E-state index in [2.05, 4.69) is 3.87 Å². The first kappa shape index (κ1) is 18.9. The Morgan fingerprint density at radius 3 is 1.53 bits per heavy atom. The summed E-state index contributed by atoms with van der Waals surface area (Å²) in [6, 6.07) is 0. The first-order chi connectivity index (χ1) is 8.26. The summed E-state index contributed by atoms with van der Waals surface area (Å²) >= 11 is 0. The smallest absolute Gasteiger partial charge is 0.391 e. The molecular weight excluding hydrogens is 301 g/mol. The molecule has 0 rings (SSSR count). The van der Waals surface area contributed by atoms with Crippen LogP contribution in [0.25, 0.3) is 0 Å². The monoisotopic (exact) mass is 322 g/mol. The minimum Gasteiger partial charge on any atom is -0.391 e. The zero-order valence-electron chi connectivity index (χ0n) is 11.9. The quantitative estimate of drug-likeness (QED) is 0.554. The third-order valence-electron chi connectivity index (χ3n) is 2.55. The molecule has 9 heteroatoms. The van der Waals surface area contributed by atoms with Gasteiger partial charge >= 0.3 is 24.2 Å². The van der Waals surface area contributed by atoms with Gasteiger partial charge in [-0.15, -0.1) is 0 Å². The Bertz CT molecular complexity index is 382. The summed E-state index contributed by atoms with van der Waals surface area (Å²) in [5, 5.41) is 0. The highest BCUT2D eigenvalue weighted by atomic mass is 32.2. The lowest BCUT2D eigenvalue weighted by Crippen LogP contribution is -2.52. The van der Waals surface area contributed by atoms with Gasteiger partial charge in [-0.1, -0.05) is 27.7 Å². The summed E-state index contributed by atoms with van der Waals surface area (Å²) in [7, 11) is -9.22. The van der Waals surface area contributed by atoms with Gasteiger partial charge in [0.15, 0.2) is 0 Å². The minimum absolute atomic E-state index is 0.417. The second-order valence-electron chi connectivity index (χ2n) is 5.18. The molecule has 4 nitrogen and oxygen atoms in total. The summed E-state index contributed by atoms with van der Waals surface area (Å²) < 4.78 is 70.1. The van der Waals surface area contributed by atoms with Crippen molar-refractivity contribution in [2.75, 3.05) is 0 Å². The van der Waals surface area contributed by atoms with Crippen LogP contribution in [0.5, 0.6) is 0 Å². The van der Waals surface area contributed by atoms with E-state index >= 15 is 0 Å². The molecule has 0 atom stereocenters. The summed E-state index contributed by atoms with van der Waals surface area (Å²) in [4.78, 5) is 0. The van der Waals surface area contributed by atoms with Gasteiger partial charge in [-0.25, -0.2) is 0 Å². The highest BCUT2D eigenvalue weighted by Gasteiger charge is 2.57. The van der Waals surface area contributed by atoms with E-state index in [4.69, 9.17) is 4.43 Å². The van der Waals surface area contributed by atoms with Gasteiger partial charge in [-0.3, -0.25) is 3.87 Å². The van der Waals surface area contributed by atoms with Crippen molar-refractivity contribution >= 4 is 18.7 Å². The lowest BCUT2D eigenvalue weighted by atomic mass is 10.5. The number of alkyl halides is 3. The maximum atomic E-state index is 12.5. The molecule has 0 amide bonds. The minimum atomic E-state index is -5.65. The second kappa shape index (κ2) is 6.11. The van der Waals surface area contributed by atoms with Crippen molar-refractivity contribution in [1.82, 2.24) is 0 Å². The van der Waals surface area contributed by atoms with Crippen molar-refractivity contribution < 1.29 is 29.9 Å². The lowest BCUT2D eigenvalue weighted by Gasteiger charge is -2.38. The van der Waals surface area contributed by atoms with E-state index in [0.717, 1.165) is 0 Å². The van der Waals surface area contributed by atoms with Crippen molar-refractivity contribution in [2.45, 2.75) is 64.2 Å². The second-order valence-corrected chi connectivity index (χ2v) is 11.2. The first-order valence-corrected chi connectivity index (χ1v) is 9.34. The Morgan fingerprint density at radius 2 is 1.32 bits per heavy atom. The lowest BCUT2D eigenvalue weighted by molar-refractivity contribution is -0.0518.